The number of anilines is 1. The second kappa shape index (κ2) is 6.33. The Morgan fingerprint density at radius 1 is 1.20 bits per heavy atom. The van der Waals surface area contributed by atoms with Crippen LogP contribution < -0.4 is 10.7 Å². The highest BCUT2D eigenvalue weighted by molar-refractivity contribution is 5.93. The first-order valence-corrected chi connectivity index (χ1v) is 6.41. The molecule has 0 aromatic heterocycles. The minimum Gasteiger partial charge on any atom is -0.478 e. The van der Waals surface area contributed by atoms with Crippen molar-refractivity contribution in [1.82, 2.24) is 10.4 Å². The number of amides is 2. The third kappa shape index (κ3) is 3.67. The van der Waals surface area contributed by atoms with Crippen LogP contribution in [0.3, 0.4) is 0 Å². The summed E-state index contributed by atoms with van der Waals surface area (Å²) < 4.78 is 13.2. The van der Waals surface area contributed by atoms with Crippen LogP contribution in [0.4, 0.5) is 14.9 Å². The molecular weight excluding hydrogens is 265 g/mol. The third-order valence-corrected chi connectivity index (χ3v) is 3.07. The van der Waals surface area contributed by atoms with Crippen LogP contribution in [0.5, 0.6) is 0 Å². The highest BCUT2D eigenvalue weighted by Crippen LogP contribution is 2.15. The van der Waals surface area contributed by atoms with Crippen LogP contribution in [0.2, 0.25) is 0 Å². The maximum Gasteiger partial charge on any atom is 0.338 e. The van der Waals surface area contributed by atoms with Gasteiger partial charge < -0.3 is 10.4 Å². The van der Waals surface area contributed by atoms with Crippen LogP contribution in [0, 0.1) is 5.82 Å². The summed E-state index contributed by atoms with van der Waals surface area (Å²) in [6, 6.07) is 2.96. The molecule has 1 aliphatic rings. The summed E-state index contributed by atoms with van der Waals surface area (Å²) in [6.45, 7) is 1.58. The Hall–Kier alpha value is -2.15. The first kappa shape index (κ1) is 14.3. The summed E-state index contributed by atoms with van der Waals surface area (Å²) in [5, 5.41) is 13.1. The molecule has 20 heavy (non-hydrogen) atoms. The van der Waals surface area contributed by atoms with E-state index in [1.165, 1.54) is 6.07 Å². The summed E-state index contributed by atoms with van der Waals surface area (Å²) in [4.78, 5) is 22.5. The van der Waals surface area contributed by atoms with Gasteiger partial charge in [-0.2, -0.15) is 0 Å². The zero-order valence-corrected chi connectivity index (χ0v) is 10.9. The van der Waals surface area contributed by atoms with Crippen LogP contribution in [0.1, 0.15) is 29.6 Å². The fraction of sp³-hybridized carbons (Fsp3) is 0.385. The van der Waals surface area contributed by atoms with Crippen LogP contribution >= 0.6 is 0 Å². The predicted molar refractivity (Wildman–Crippen MR) is 70.9 cm³/mol. The molecule has 6 nitrogen and oxygen atoms in total. The van der Waals surface area contributed by atoms with E-state index in [0.29, 0.717) is 0 Å². The van der Waals surface area contributed by atoms with Gasteiger partial charge in [-0.25, -0.2) is 19.0 Å². The molecule has 0 atom stereocenters. The Labute approximate surface area is 115 Å². The van der Waals surface area contributed by atoms with E-state index in [4.69, 9.17) is 5.11 Å². The first-order chi connectivity index (χ1) is 9.56. The average molecular weight is 281 g/mol. The number of carboxylic acid groups (broad SMARTS) is 1. The zero-order chi connectivity index (χ0) is 14.5. The number of urea groups is 1. The summed E-state index contributed by atoms with van der Waals surface area (Å²) >= 11 is 0. The molecule has 0 unspecified atom stereocenters. The smallest absolute Gasteiger partial charge is 0.338 e. The van der Waals surface area contributed by atoms with Crippen molar-refractivity contribution in [1.29, 1.82) is 0 Å². The SMILES string of the molecule is O=C(Nc1ccc(F)c(C(=O)O)c1)NN1CCCCC1. The highest BCUT2D eigenvalue weighted by atomic mass is 19.1. The molecule has 1 aliphatic heterocycles. The van der Waals surface area contributed by atoms with E-state index in [-0.39, 0.29) is 5.69 Å². The van der Waals surface area contributed by atoms with Gasteiger partial charge in [0.05, 0.1) is 5.56 Å². The van der Waals surface area contributed by atoms with E-state index >= 15 is 0 Å². The number of hydrogen-bond donors (Lipinski definition) is 3. The number of rotatable bonds is 3. The summed E-state index contributed by atoms with van der Waals surface area (Å²) in [6.07, 6.45) is 3.21. The van der Waals surface area contributed by atoms with E-state index in [1.54, 1.807) is 5.01 Å². The highest BCUT2D eigenvalue weighted by Gasteiger charge is 2.14. The van der Waals surface area contributed by atoms with Crippen molar-refractivity contribution in [2.75, 3.05) is 18.4 Å². The Bertz CT molecular complexity index is 516. The van der Waals surface area contributed by atoms with Crippen molar-refractivity contribution in [3.8, 4) is 0 Å². The Morgan fingerprint density at radius 2 is 1.90 bits per heavy atom. The van der Waals surface area contributed by atoms with Crippen LogP contribution in [0.25, 0.3) is 0 Å². The van der Waals surface area contributed by atoms with Crippen molar-refractivity contribution < 1.29 is 19.1 Å². The quantitative estimate of drug-likeness (QED) is 0.792. The average Bonchev–Trinajstić information content (AvgIpc) is 2.41. The van der Waals surface area contributed by atoms with Crippen molar-refractivity contribution in [2.24, 2.45) is 0 Å². The molecule has 0 bridgehead atoms. The number of carboxylic acids is 1. The zero-order valence-electron chi connectivity index (χ0n) is 10.9. The summed E-state index contributed by atoms with van der Waals surface area (Å²) in [5.74, 6) is -2.21. The molecule has 1 fully saturated rings. The predicted octanol–water partition coefficient (Wildman–Crippen LogP) is 2.05. The maximum atomic E-state index is 13.2. The number of hydrazine groups is 1. The van der Waals surface area contributed by atoms with E-state index in [0.717, 1.165) is 44.5 Å². The molecule has 3 N–H and O–H groups in total. The first-order valence-electron chi connectivity index (χ1n) is 6.41. The van der Waals surface area contributed by atoms with Gasteiger partial charge in [-0.3, -0.25) is 5.43 Å². The van der Waals surface area contributed by atoms with Crippen LogP contribution in [-0.2, 0) is 0 Å². The molecule has 0 spiro atoms. The molecule has 0 aliphatic carbocycles. The minimum atomic E-state index is -1.37. The number of halogens is 1. The second-order valence-electron chi connectivity index (χ2n) is 4.61. The summed E-state index contributed by atoms with van der Waals surface area (Å²) in [5.41, 5.74) is 2.44. The Balaban J connectivity index is 1.96. The number of carbonyl (C=O) groups is 2. The van der Waals surface area contributed by atoms with E-state index in [1.807, 2.05) is 0 Å². The lowest BCUT2D eigenvalue weighted by molar-refractivity contribution is 0.0692. The lowest BCUT2D eigenvalue weighted by atomic mass is 10.2. The standard InChI is InChI=1S/C13H16FN3O3/c14-11-5-4-9(8-10(11)12(18)19)15-13(20)16-17-6-2-1-3-7-17/h4-5,8H,1-3,6-7H2,(H,18,19)(H2,15,16,20). The van der Waals surface area contributed by atoms with E-state index in [2.05, 4.69) is 10.7 Å². The van der Waals surface area contributed by atoms with Gasteiger partial charge in [-0.05, 0) is 31.0 Å². The molecule has 2 amide bonds. The van der Waals surface area contributed by atoms with Gasteiger partial charge >= 0.3 is 12.0 Å². The number of piperidine rings is 1. The number of benzene rings is 1. The van der Waals surface area contributed by atoms with E-state index in [9.17, 15) is 14.0 Å². The summed E-state index contributed by atoms with van der Waals surface area (Å²) in [7, 11) is 0. The Morgan fingerprint density at radius 3 is 2.55 bits per heavy atom. The normalized spacial score (nSPS) is 15.7. The van der Waals surface area contributed by atoms with Crippen molar-refractivity contribution >= 4 is 17.7 Å². The lowest BCUT2D eigenvalue weighted by Gasteiger charge is -2.26. The minimum absolute atomic E-state index is 0.235. The fourth-order valence-corrected chi connectivity index (χ4v) is 2.08. The molecule has 1 saturated heterocycles. The largest absolute Gasteiger partial charge is 0.478 e. The molecule has 1 heterocycles. The second-order valence-corrected chi connectivity index (χ2v) is 4.61. The molecule has 2 rings (SSSR count). The van der Waals surface area contributed by atoms with Crippen LogP contribution in [-0.4, -0.2) is 35.2 Å². The van der Waals surface area contributed by atoms with Crippen molar-refractivity contribution in [3.05, 3.63) is 29.6 Å². The number of hydrogen-bond acceptors (Lipinski definition) is 3. The number of nitrogens with one attached hydrogen (secondary N) is 2. The molecule has 0 radical (unpaired) electrons. The van der Waals surface area contributed by atoms with Crippen molar-refractivity contribution in [2.45, 2.75) is 19.3 Å². The van der Waals surface area contributed by atoms with Gasteiger partial charge in [-0.1, -0.05) is 6.42 Å². The number of nitrogens with zero attached hydrogens (tertiary/aromatic N) is 1. The maximum absolute atomic E-state index is 13.2. The monoisotopic (exact) mass is 281 g/mol. The van der Waals surface area contributed by atoms with Gasteiger partial charge in [0.1, 0.15) is 5.82 Å². The van der Waals surface area contributed by atoms with Gasteiger partial charge in [0, 0.05) is 18.8 Å². The van der Waals surface area contributed by atoms with Gasteiger partial charge in [0.15, 0.2) is 0 Å². The van der Waals surface area contributed by atoms with Gasteiger partial charge in [0.25, 0.3) is 0 Å². The number of carbonyl (C=O) groups excluding carboxylic acids is 1. The number of aromatic carboxylic acids is 1. The Kier molecular flexibility index (Phi) is 4.52. The third-order valence-electron chi connectivity index (χ3n) is 3.07. The molecule has 1 aromatic rings. The van der Waals surface area contributed by atoms with Crippen LogP contribution in [0.15, 0.2) is 18.2 Å². The molecule has 108 valence electrons. The molecular formula is C13H16FN3O3. The molecule has 0 saturated carbocycles. The van der Waals surface area contributed by atoms with Gasteiger partial charge in [0.2, 0.25) is 0 Å². The topological polar surface area (TPSA) is 81.7 Å². The molecule has 1 aromatic carbocycles. The lowest BCUT2D eigenvalue weighted by Crippen LogP contribution is -2.46. The van der Waals surface area contributed by atoms with Gasteiger partial charge in [-0.15, -0.1) is 0 Å². The van der Waals surface area contributed by atoms with Crippen molar-refractivity contribution in [3.63, 3.8) is 0 Å². The van der Waals surface area contributed by atoms with E-state index < -0.39 is 23.4 Å². The molecule has 7 heteroatoms. The fourth-order valence-electron chi connectivity index (χ4n) is 2.08.